The van der Waals surface area contributed by atoms with Gasteiger partial charge in [-0.2, -0.15) is 18.4 Å². The summed E-state index contributed by atoms with van der Waals surface area (Å²) in [5, 5.41) is 8.91. The zero-order chi connectivity index (χ0) is 22.1. The van der Waals surface area contributed by atoms with Crippen LogP contribution in [-0.4, -0.2) is 13.4 Å². The first kappa shape index (κ1) is 21.5. The van der Waals surface area contributed by atoms with Crippen LogP contribution >= 0.6 is 11.6 Å². The number of sulfonamides is 1. The molecule has 2 aromatic carbocycles. The van der Waals surface area contributed by atoms with E-state index in [-0.39, 0.29) is 16.4 Å². The molecule has 154 valence electrons. The predicted molar refractivity (Wildman–Crippen MR) is 102 cm³/mol. The van der Waals surface area contributed by atoms with Gasteiger partial charge in [-0.3, -0.25) is 4.72 Å². The Morgan fingerprint density at radius 3 is 2.43 bits per heavy atom. The summed E-state index contributed by atoms with van der Waals surface area (Å²) >= 11 is 6.16. The van der Waals surface area contributed by atoms with Crippen LogP contribution in [0.5, 0.6) is 0 Å². The summed E-state index contributed by atoms with van der Waals surface area (Å²) in [6, 6.07) is 11.1. The van der Waals surface area contributed by atoms with E-state index in [2.05, 4.69) is 9.71 Å². The van der Waals surface area contributed by atoms with Crippen LogP contribution in [0.15, 0.2) is 59.5 Å². The van der Waals surface area contributed by atoms with Gasteiger partial charge in [-0.05, 0) is 48.5 Å². The fraction of sp³-hybridized carbons (Fsp3) is 0.0526. The molecule has 0 unspecified atom stereocenters. The number of anilines is 1. The quantitative estimate of drug-likeness (QED) is 0.546. The molecule has 0 aliphatic heterocycles. The number of hydrogen-bond donors (Lipinski definition) is 1. The lowest BCUT2D eigenvalue weighted by Crippen LogP contribution is -2.14. The van der Waals surface area contributed by atoms with Crippen LogP contribution in [0, 0.1) is 17.1 Å². The van der Waals surface area contributed by atoms with Crippen LogP contribution in [0.4, 0.5) is 23.2 Å². The molecule has 0 aliphatic rings. The second-order valence-corrected chi connectivity index (χ2v) is 8.05. The molecule has 1 heterocycles. The first-order valence-corrected chi connectivity index (χ1v) is 9.94. The van der Waals surface area contributed by atoms with Crippen molar-refractivity contribution in [1.29, 1.82) is 5.26 Å². The summed E-state index contributed by atoms with van der Waals surface area (Å²) in [4.78, 5) is 3.27. The number of alkyl halides is 3. The second kappa shape index (κ2) is 7.93. The SMILES string of the molecule is N#Cc1nc(-c2ccc(NS(=O)(=O)c3cccc(C(F)(F)F)c3)cc2Cl)ccc1F. The van der Waals surface area contributed by atoms with Crippen molar-refractivity contribution in [2.24, 2.45) is 0 Å². The van der Waals surface area contributed by atoms with Gasteiger partial charge >= 0.3 is 6.18 Å². The zero-order valence-corrected chi connectivity index (χ0v) is 16.3. The predicted octanol–water partition coefficient (Wildman–Crippen LogP) is 5.23. The lowest BCUT2D eigenvalue weighted by Gasteiger charge is -2.12. The van der Waals surface area contributed by atoms with E-state index in [1.165, 1.54) is 24.3 Å². The maximum atomic E-state index is 13.4. The molecular weight excluding hydrogens is 446 g/mol. The Morgan fingerprint density at radius 1 is 1.07 bits per heavy atom. The smallest absolute Gasteiger partial charge is 0.280 e. The lowest BCUT2D eigenvalue weighted by molar-refractivity contribution is -0.137. The summed E-state index contributed by atoms with van der Waals surface area (Å²) in [5.41, 5.74) is -1.06. The van der Waals surface area contributed by atoms with Gasteiger partial charge in [0.25, 0.3) is 10.0 Å². The molecular formula is C19H10ClF4N3O2S. The highest BCUT2D eigenvalue weighted by atomic mass is 35.5. The normalized spacial score (nSPS) is 11.7. The molecule has 5 nitrogen and oxygen atoms in total. The molecule has 0 bridgehead atoms. The number of aromatic nitrogens is 1. The van der Waals surface area contributed by atoms with Crippen molar-refractivity contribution in [1.82, 2.24) is 4.98 Å². The Kier molecular flexibility index (Phi) is 5.70. The summed E-state index contributed by atoms with van der Waals surface area (Å²) in [6.07, 6.45) is -4.69. The van der Waals surface area contributed by atoms with E-state index in [1.54, 1.807) is 6.07 Å². The molecule has 1 N–H and O–H groups in total. The Balaban J connectivity index is 1.92. The van der Waals surface area contributed by atoms with Crippen LogP contribution in [0.2, 0.25) is 5.02 Å². The highest BCUT2D eigenvalue weighted by molar-refractivity contribution is 7.92. The van der Waals surface area contributed by atoms with Crippen molar-refractivity contribution in [2.45, 2.75) is 11.1 Å². The Morgan fingerprint density at radius 2 is 1.80 bits per heavy atom. The zero-order valence-electron chi connectivity index (χ0n) is 14.7. The number of rotatable bonds is 4. The van der Waals surface area contributed by atoms with Gasteiger partial charge < -0.3 is 0 Å². The monoisotopic (exact) mass is 455 g/mol. The fourth-order valence-electron chi connectivity index (χ4n) is 2.51. The highest BCUT2D eigenvalue weighted by Crippen LogP contribution is 2.32. The van der Waals surface area contributed by atoms with Crippen LogP contribution < -0.4 is 4.72 Å². The Hall–Kier alpha value is -3.16. The molecule has 1 aromatic heterocycles. The minimum Gasteiger partial charge on any atom is -0.280 e. The average molecular weight is 456 g/mol. The number of nitriles is 1. The molecule has 0 saturated heterocycles. The summed E-state index contributed by atoms with van der Waals surface area (Å²) in [5.74, 6) is -0.803. The van der Waals surface area contributed by atoms with Crippen LogP contribution in [0.3, 0.4) is 0 Å². The van der Waals surface area contributed by atoms with Crippen molar-refractivity contribution >= 4 is 27.3 Å². The summed E-state index contributed by atoms with van der Waals surface area (Å²) < 4.78 is 79.0. The molecule has 11 heteroatoms. The molecule has 0 amide bonds. The fourth-order valence-corrected chi connectivity index (χ4v) is 3.88. The minimum atomic E-state index is -4.69. The van der Waals surface area contributed by atoms with E-state index in [0.29, 0.717) is 11.6 Å². The van der Waals surface area contributed by atoms with E-state index in [9.17, 15) is 26.0 Å². The second-order valence-electron chi connectivity index (χ2n) is 5.96. The third-order valence-electron chi connectivity index (χ3n) is 3.92. The molecule has 3 rings (SSSR count). The molecule has 0 atom stereocenters. The molecule has 0 saturated carbocycles. The third kappa shape index (κ3) is 4.53. The number of halogens is 5. The van der Waals surface area contributed by atoms with Gasteiger partial charge in [0.1, 0.15) is 6.07 Å². The van der Waals surface area contributed by atoms with Gasteiger partial charge in [0, 0.05) is 5.56 Å². The van der Waals surface area contributed by atoms with Crippen molar-refractivity contribution in [3.05, 3.63) is 76.7 Å². The van der Waals surface area contributed by atoms with Gasteiger partial charge in [0.05, 0.1) is 26.9 Å². The topological polar surface area (TPSA) is 82.8 Å². The molecule has 3 aromatic rings. The number of pyridine rings is 1. The highest BCUT2D eigenvalue weighted by Gasteiger charge is 2.31. The molecule has 30 heavy (non-hydrogen) atoms. The largest absolute Gasteiger partial charge is 0.416 e. The number of benzene rings is 2. The van der Waals surface area contributed by atoms with E-state index in [0.717, 1.165) is 24.3 Å². The molecule has 0 fully saturated rings. The van der Waals surface area contributed by atoms with Gasteiger partial charge in [-0.1, -0.05) is 17.7 Å². The maximum Gasteiger partial charge on any atom is 0.416 e. The van der Waals surface area contributed by atoms with Gasteiger partial charge in [-0.15, -0.1) is 0 Å². The van der Waals surface area contributed by atoms with E-state index in [4.69, 9.17) is 16.9 Å². The van der Waals surface area contributed by atoms with Crippen molar-refractivity contribution in [3.63, 3.8) is 0 Å². The van der Waals surface area contributed by atoms with Crippen molar-refractivity contribution < 1.29 is 26.0 Å². The maximum absolute atomic E-state index is 13.4. The first-order chi connectivity index (χ1) is 14.0. The van der Waals surface area contributed by atoms with Gasteiger partial charge in [-0.25, -0.2) is 17.8 Å². The van der Waals surface area contributed by atoms with E-state index < -0.39 is 38.2 Å². The van der Waals surface area contributed by atoms with E-state index >= 15 is 0 Å². The lowest BCUT2D eigenvalue weighted by atomic mass is 10.1. The van der Waals surface area contributed by atoms with Gasteiger partial charge in [0.15, 0.2) is 11.5 Å². The Labute approximate surface area is 173 Å². The van der Waals surface area contributed by atoms with E-state index in [1.807, 2.05) is 0 Å². The van der Waals surface area contributed by atoms with Crippen LogP contribution in [-0.2, 0) is 16.2 Å². The number of hydrogen-bond acceptors (Lipinski definition) is 4. The standard InChI is InChI=1S/C19H10ClF4N3O2S/c20-15-9-12(4-5-14(15)17-7-6-16(21)18(10-25)26-17)27-30(28,29)13-3-1-2-11(8-13)19(22,23)24/h1-9,27H. The first-order valence-electron chi connectivity index (χ1n) is 8.08. The Bertz CT molecular complexity index is 1270. The van der Waals surface area contributed by atoms with Gasteiger partial charge in [0.2, 0.25) is 0 Å². The minimum absolute atomic E-state index is 0.0104. The van der Waals surface area contributed by atoms with Crippen LogP contribution in [0.25, 0.3) is 11.3 Å². The molecule has 0 spiro atoms. The number of nitrogens with one attached hydrogen (secondary N) is 1. The van der Waals surface area contributed by atoms with Crippen molar-refractivity contribution in [3.8, 4) is 17.3 Å². The van der Waals surface area contributed by atoms with Crippen molar-refractivity contribution in [2.75, 3.05) is 4.72 Å². The average Bonchev–Trinajstić information content (AvgIpc) is 2.68. The summed E-state index contributed by atoms with van der Waals surface area (Å²) in [7, 11) is -4.32. The summed E-state index contributed by atoms with van der Waals surface area (Å²) in [6.45, 7) is 0. The third-order valence-corrected chi connectivity index (χ3v) is 5.61. The molecule has 0 radical (unpaired) electrons. The molecule has 0 aliphatic carbocycles. The number of nitrogens with zero attached hydrogens (tertiary/aromatic N) is 2. The van der Waals surface area contributed by atoms with Crippen LogP contribution in [0.1, 0.15) is 11.3 Å².